The van der Waals surface area contributed by atoms with Crippen LogP contribution < -0.4 is 0 Å². The second-order valence-corrected chi connectivity index (χ2v) is 9.49. The SMILES string of the molecule is CC(C)c1cccc(-c2cc(CN3CC(C(=O)O)CC(C(C)(C)C)C3)on2)c1. The Morgan fingerprint density at radius 2 is 2.04 bits per heavy atom. The minimum atomic E-state index is -0.706. The lowest BCUT2D eigenvalue weighted by molar-refractivity contribution is -0.145. The van der Waals surface area contributed by atoms with E-state index in [9.17, 15) is 9.90 Å². The van der Waals surface area contributed by atoms with Crippen LogP contribution in [0.4, 0.5) is 0 Å². The standard InChI is InChI=1S/C23H32N2O3/c1-15(2)16-7-6-8-17(9-16)21-11-20(28-24-21)14-25-12-18(22(26)27)10-19(13-25)23(3,4)5/h6-9,11,15,18-19H,10,12-14H2,1-5H3,(H,26,27). The third kappa shape index (κ3) is 4.82. The fourth-order valence-corrected chi connectivity index (χ4v) is 3.93. The molecule has 5 heteroatoms. The zero-order chi connectivity index (χ0) is 20.5. The van der Waals surface area contributed by atoms with Gasteiger partial charge in [0.1, 0.15) is 5.69 Å². The number of carbonyl (C=O) groups is 1. The lowest BCUT2D eigenvalue weighted by Crippen LogP contribution is -2.46. The summed E-state index contributed by atoms with van der Waals surface area (Å²) in [6.45, 7) is 12.9. The molecule has 1 aromatic carbocycles. The summed E-state index contributed by atoms with van der Waals surface area (Å²) in [4.78, 5) is 13.8. The average molecular weight is 385 g/mol. The van der Waals surface area contributed by atoms with Crippen LogP contribution >= 0.6 is 0 Å². The van der Waals surface area contributed by atoms with Gasteiger partial charge >= 0.3 is 5.97 Å². The molecule has 0 aliphatic carbocycles. The van der Waals surface area contributed by atoms with Gasteiger partial charge in [0.2, 0.25) is 0 Å². The third-order valence-electron chi connectivity index (χ3n) is 5.89. The molecular weight excluding hydrogens is 352 g/mol. The van der Waals surface area contributed by atoms with E-state index < -0.39 is 5.97 Å². The Labute approximate surface area is 167 Å². The molecule has 0 spiro atoms. The highest BCUT2D eigenvalue weighted by Gasteiger charge is 2.37. The highest BCUT2D eigenvalue weighted by molar-refractivity contribution is 5.70. The van der Waals surface area contributed by atoms with E-state index >= 15 is 0 Å². The molecule has 0 amide bonds. The first-order chi connectivity index (χ1) is 13.1. The molecule has 0 bridgehead atoms. The van der Waals surface area contributed by atoms with Gasteiger partial charge in [-0.25, -0.2) is 0 Å². The van der Waals surface area contributed by atoms with Crippen LogP contribution in [0.3, 0.4) is 0 Å². The number of aliphatic carboxylic acids is 1. The molecule has 1 fully saturated rings. The summed E-state index contributed by atoms with van der Waals surface area (Å²) in [5.74, 6) is 0.545. The molecule has 2 atom stereocenters. The molecule has 0 saturated carbocycles. The van der Waals surface area contributed by atoms with Gasteiger partial charge in [0.15, 0.2) is 5.76 Å². The number of carboxylic acid groups (broad SMARTS) is 1. The van der Waals surface area contributed by atoms with E-state index in [1.54, 1.807) is 0 Å². The van der Waals surface area contributed by atoms with E-state index in [2.05, 4.69) is 62.9 Å². The van der Waals surface area contributed by atoms with E-state index in [0.29, 0.717) is 24.9 Å². The molecule has 2 aromatic rings. The Kier molecular flexibility index (Phi) is 5.94. The molecule has 0 radical (unpaired) electrons. The van der Waals surface area contributed by atoms with Crippen LogP contribution in [-0.4, -0.2) is 34.2 Å². The summed E-state index contributed by atoms with van der Waals surface area (Å²) in [5.41, 5.74) is 3.24. The Bertz CT molecular complexity index is 819. The maximum Gasteiger partial charge on any atom is 0.307 e. The maximum absolute atomic E-state index is 11.6. The Balaban J connectivity index is 1.75. The number of carboxylic acids is 1. The number of aromatic nitrogens is 1. The van der Waals surface area contributed by atoms with Crippen molar-refractivity contribution in [1.29, 1.82) is 0 Å². The maximum atomic E-state index is 11.6. The lowest BCUT2D eigenvalue weighted by atomic mass is 9.73. The van der Waals surface area contributed by atoms with Crippen LogP contribution in [0.5, 0.6) is 0 Å². The van der Waals surface area contributed by atoms with Gasteiger partial charge < -0.3 is 9.63 Å². The van der Waals surface area contributed by atoms with Crippen LogP contribution in [-0.2, 0) is 11.3 Å². The van der Waals surface area contributed by atoms with Crippen LogP contribution in [0.1, 0.15) is 58.3 Å². The van der Waals surface area contributed by atoms with Gasteiger partial charge in [-0.1, -0.05) is 58.0 Å². The van der Waals surface area contributed by atoms with Crippen molar-refractivity contribution in [2.75, 3.05) is 13.1 Å². The molecule has 3 rings (SSSR count). The van der Waals surface area contributed by atoms with Crippen LogP contribution in [0.25, 0.3) is 11.3 Å². The Morgan fingerprint density at radius 1 is 1.29 bits per heavy atom. The van der Waals surface area contributed by atoms with Gasteiger partial charge in [-0.05, 0) is 35.3 Å². The fraction of sp³-hybridized carbons (Fsp3) is 0.565. The third-order valence-corrected chi connectivity index (χ3v) is 5.89. The molecule has 152 valence electrons. The molecule has 5 nitrogen and oxygen atoms in total. The molecule has 2 heterocycles. The summed E-state index contributed by atoms with van der Waals surface area (Å²) >= 11 is 0. The molecule has 1 aliphatic heterocycles. The van der Waals surface area contributed by atoms with Crippen molar-refractivity contribution in [3.8, 4) is 11.3 Å². The van der Waals surface area contributed by atoms with Gasteiger partial charge in [-0.2, -0.15) is 0 Å². The van der Waals surface area contributed by atoms with Crippen molar-refractivity contribution in [3.05, 3.63) is 41.7 Å². The van der Waals surface area contributed by atoms with Gasteiger partial charge in [0.05, 0.1) is 12.5 Å². The average Bonchev–Trinajstić information content (AvgIpc) is 3.09. The first-order valence-corrected chi connectivity index (χ1v) is 10.1. The van der Waals surface area contributed by atoms with Gasteiger partial charge in [-0.3, -0.25) is 9.69 Å². The number of piperidine rings is 1. The minimum absolute atomic E-state index is 0.0796. The number of rotatable bonds is 5. The van der Waals surface area contributed by atoms with Gasteiger partial charge in [0, 0.05) is 24.7 Å². The van der Waals surface area contributed by atoms with Gasteiger partial charge in [0.25, 0.3) is 0 Å². The molecule has 1 N–H and O–H groups in total. The van der Waals surface area contributed by atoms with Crippen molar-refractivity contribution in [2.45, 2.75) is 53.5 Å². The summed E-state index contributed by atoms with van der Waals surface area (Å²) in [7, 11) is 0. The summed E-state index contributed by atoms with van der Waals surface area (Å²) < 4.78 is 5.60. The van der Waals surface area contributed by atoms with E-state index in [-0.39, 0.29) is 11.3 Å². The normalized spacial score (nSPS) is 21.2. The van der Waals surface area contributed by atoms with E-state index in [1.165, 1.54) is 5.56 Å². The smallest absolute Gasteiger partial charge is 0.307 e. The van der Waals surface area contributed by atoms with Crippen molar-refractivity contribution in [2.24, 2.45) is 17.3 Å². The molecule has 28 heavy (non-hydrogen) atoms. The highest BCUT2D eigenvalue weighted by atomic mass is 16.5. The molecule has 2 unspecified atom stereocenters. The van der Waals surface area contributed by atoms with Crippen molar-refractivity contribution in [3.63, 3.8) is 0 Å². The second-order valence-electron chi connectivity index (χ2n) is 9.49. The van der Waals surface area contributed by atoms with Crippen LogP contribution in [0.15, 0.2) is 34.9 Å². The van der Waals surface area contributed by atoms with Crippen molar-refractivity contribution >= 4 is 5.97 Å². The topological polar surface area (TPSA) is 66.6 Å². The first-order valence-electron chi connectivity index (χ1n) is 10.1. The zero-order valence-electron chi connectivity index (χ0n) is 17.6. The Morgan fingerprint density at radius 3 is 2.68 bits per heavy atom. The van der Waals surface area contributed by atoms with Gasteiger partial charge in [-0.15, -0.1) is 0 Å². The fourth-order valence-electron chi connectivity index (χ4n) is 3.93. The van der Waals surface area contributed by atoms with Crippen LogP contribution in [0, 0.1) is 17.3 Å². The molecule has 1 aliphatic rings. The van der Waals surface area contributed by atoms with Crippen molar-refractivity contribution in [1.82, 2.24) is 10.1 Å². The largest absolute Gasteiger partial charge is 0.481 e. The van der Waals surface area contributed by atoms with Crippen molar-refractivity contribution < 1.29 is 14.4 Å². The zero-order valence-corrected chi connectivity index (χ0v) is 17.6. The quantitative estimate of drug-likeness (QED) is 0.783. The first kappa shape index (κ1) is 20.6. The number of likely N-dealkylation sites (tertiary alicyclic amines) is 1. The number of hydrogen-bond donors (Lipinski definition) is 1. The Hall–Kier alpha value is -2.14. The van der Waals surface area contributed by atoms with E-state index in [4.69, 9.17) is 4.52 Å². The van der Waals surface area contributed by atoms with Crippen LogP contribution in [0.2, 0.25) is 0 Å². The molecule has 1 aromatic heterocycles. The monoisotopic (exact) mass is 384 g/mol. The number of hydrogen-bond acceptors (Lipinski definition) is 4. The minimum Gasteiger partial charge on any atom is -0.481 e. The number of nitrogens with zero attached hydrogens (tertiary/aromatic N) is 2. The summed E-state index contributed by atoms with van der Waals surface area (Å²) in [6.07, 6.45) is 0.735. The predicted octanol–water partition coefficient (Wildman–Crippen LogP) is 5.03. The molecule has 1 saturated heterocycles. The molecular formula is C23H32N2O3. The summed E-state index contributed by atoms with van der Waals surface area (Å²) in [5, 5.41) is 13.8. The van der Waals surface area contributed by atoms with E-state index in [1.807, 2.05) is 12.1 Å². The lowest BCUT2D eigenvalue weighted by Gasteiger charge is -2.41. The highest BCUT2D eigenvalue weighted by Crippen LogP contribution is 2.36. The second kappa shape index (κ2) is 8.08. The van der Waals surface area contributed by atoms with E-state index in [0.717, 1.165) is 30.0 Å². The predicted molar refractivity (Wildman–Crippen MR) is 110 cm³/mol. The summed E-state index contributed by atoms with van der Waals surface area (Å²) in [6, 6.07) is 10.4. The number of benzene rings is 1.